The number of hydrogen-bond donors (Lipinski definition) is 0. The van der Waals surface area contributed by atoms with Gasteiger partial charge in [0.05, 0.1) is 12.0 Å². The van der Waals surface area contributed by atoms with Crippen molar-refractivity contribution in [2.75, 3.05) is 0 Å². The predicted octanol–water partition coefficient (Wildman–Crippen LogP) is 3.59. The van der Waals surface area contributed by atoms with Gasteiger partial charge in [-0.15, -0.1) is 68.6 Å². The molecule has 0 aliphatic heterocycles. The molecule has 0 amide bonds. The third-order valence-electron chi connectivity index (χ3n) is 4.45. The van der Waals surface area contributed by atoms with E-state index in [2.05, 4.69) is 47.5 Å². The second-order valence-electron chi connectivity index (χ2n) is 6.37. The molecule has 0 aliphatic rings. The first-order valence-corrected chi connectivity index (χ1v) is 8.64. The van der Waals surface area contributed by atoms with Crippen LogP contribution in [0.25, 0.3) is 0 Å². The van der Waals surface area contributed by atoms with Gasteiger partial charge in [-0.2, -0.15) is 5.26 Å². The average molecular weight is 349 g/mol. The van der Waals surface area contributed by atoms with Crippen LogP contribution < -0.4 is 0 Å². The molecule has 0 heterocycles. The number of rotatable bonds is 10. The normalized spacial score (nSPS) is 14.7. The lowest BCUT2D eigenvalue weighted by atomic mass is 9.80. The monoisotopic (exact) mass is 349 g/mol. The molecule has 0 N–H and O–H groups in total. The highest BCUT2D eigenvalue weighted by Crippen LogP contribution is 2.28. The third-order valence-corrected chi connectivity index (χ3v) is 4.45. The van der Waals surface area contributed by atoms with E-state index >= 15 is 0 Å². The molecule has 0 rings (SSSR count). The minimum atomic E-state index is -0.525. The van der Waals surface area contributed by atoms with Crippen molar-refractivity contribution in [3.63, 3.8) is 0 Å². The van der Waals surface area contributed by atoms with Crippen LogP contribution in [0.4, 0.5) is 0 Å². The van der Waals surface area contributed by atoms with E-state index in [0.29, 0.717) is 32.1 Å². The van der Waals surface area contributed by atoms with Gasteiger partial charge in [-0.3, -0.25) is 0 Å². The minimum Gasteiger partial charge on any atom is -0.197 e. The summed E-state index contributed by atoms with van der Waals surface area (Å²) in [6, 6.07) is 2.05. The molecular formula is C26H23N. The lowest BCUT2D eigenvalue weighted by Crippen LogP contribution is -2.16. The Balaban J connectivity index is 4.96. The zero-order valence-corrected chi connectivity index (χ0v) is 15.5. The van der Waals surface area contributed by atoms with Crippen LogP contribution in [0.5, 0.6) is 0 Å². The summed E-state index contributed by atoms with van der Waals surface area (Å²) in [4.78, 5) is 0. The van der Waals surface area contributed by atoms with Gasteiger partial charge in [0.2, 0.25) is 0 Å². The molecule has 0 spiro atoms. The number of terminal acetylenes is 7. The van der Waals surface area contributed by atoms with Crippen molar-refractivity contribution >= 4 is 0 Å². The first-order valence-electron chi connectivity index (χ1n) is 8.64. The zero-order chi connectivity index (χ0) is 20.7. The smallest absolute Gasteiger partial charge is 0.108 e. The van der Waals surface area contributed by atoms with E-state index in [4.69, 9.17) is 50.2 Å². The van der Waals surface area contributed by atoms with Gasteiger partial charge in [0.1, 0.15) is 5.92 Å². The largest absolute Gasteiger partial charge is 0.197 e. The van der Waals surface area contributed by atoms with Gasteiger partial charge in [0.25, 0.3) is 0 Å². The summed E-state index contributed by atoms with van der Waals surface area (Å²) < 4.78 is 0. The second kappa shape index (κ2) is 13.7. The van der Waals surface area contributed by atoms with Gasteiger partial charge in [-0.05, 0) is 32.1 Å². The third kappa shape index (κ3) is 8.89. The van der Waals surface area contributed by atoms with E-state index in [9.17, 15) is 0 Å². The Morgan fingerprint density at radius 3 is 1.00 bits per heavy atom. The number of nitrogens with zero attached hydrogens (tertiary/aromatic N) is 1. The predicted molar refractivity (Wildman–Crippen MR) is 111 cm³/mol. The van der Waals surface area contributed by atoms with Crippen LogP contribution in [0.15, 0.2) is 0 Å². The number of nitriles is 1. The first-order chi connectivity index (χ1) is 13.0. The van der Waals surface area contributed by atoms with Crippen molar-refractivity contribution in [3.8, 4) is 92.5 Å². The van der Waals surface area contributed by atoms with Gasteiger partial charge < -0.3 is 0 Å². The van der Waals surface area contributed by atoms with E-state index < -0.39 is 5.92 Å². The van der Waals surface area contributed by atoms with Crippen molar-refractivity contribution in [2.45, 2.75) is 32.1 Å². The highest BCUT2D eigenvalue weighted by Gasteiger charge is 2.22. The summed E-state index contributed by atoms with van der Waals surface area (Å²) >= 11 is 0. The van der Waals surface area contributed by atoms with Gasteiger partial charge in [-0.25, -0.2) is 0 Å². The van der Waals surface area contributed by atoms with Gasteiger partial charge in [0, 0.05) is 23.7 Å². The van der Waals surface area contributed by atoms with E-state index in [1.165, 1.54) is 0 Å². The fourth-order valence-corrected chi connectivity index (χ4v) is 2.87. The quantitative estimate of drug-likeness (QED) is 0.553. The Kier molecular flexibility index (Phi) is 11.9. The Morgan fingerprint density at radius 2 is 0.741 bits per heavy atom. The Bertz CT molecular complexity index is 705. The van der Waals surface area contributed by atoms with Crippen molar-refractivity contribution in [1.82, 2.24) is 0 Å². The molecule has 5 unspecified atom stereocenters. The molecule has 0 fully saturated rings. The molecule has 0 bridgehead atoms. The SMILES string of the molecule is C#CC(C#C)CC(C#C)CC(C#C)CC(C#C)CC(C#C)CC(C#C)C#N. The standard InChI is InChI=1S/C26H23N/c1-8-21(9-2)15-22(10-3)16-23(11-4)17-24(12-5)18-25(13-6)19-26(14-7)20-27/h1-7,21-26H,15-19H2. The van der Waals surface area contributed by atoms with Crippen molar-refractivity contribution in [2.24, 2.45) is 35.5 Å². The van der Waals surface area contributed by atoms with Gasteiger partial charge >= 0.3 is 0 Å². The summed E-state index contributed by atoms with van der Waals surface area (Å²) in [5, 5.41) is 9.01. The molecule has 0 saturated heterocycles. The van der Waals surface area contributed by atoms with Crippen LogP contribution in [0.2, 0.25) is 0 Å². The van der Waals surface area contributed by atoms with E-state index in [-0.39, 0.29) is 29.6 Å². The molecule has 1 nitrogen and oxygen atoms in total. The highest BCUT2D eigenvalue weighted by atomic mass is 14.3. The maximum atomic E-state index is 9.01. The summed E-state index contributed by atoms with van der Waals surface area (Å²) in [6.45, 7) is 0. The summed E-state index contributed by atoms with van der Waals surface area (Å²) in [6.07, 6.45) is 41.4. The molecule has 1 heteroatoms. The fourth-order valence-electron chi connectivity index (χ4n) is 2.87. The molecule has 5 atom stereocenters. The Labute approximate surface area is 165 Å². The van der Waals surface area contributed by atoms with Crippen LogP contribution >= 0.6 is 0 Å². The lowest BCUT2D eigenvalue weighted by Gasteiger charge is -2.22. The molecule has 0 radical (unpaired) electrons. The summed E-state index contributed by atoms with van der Waals surface area (Å²) in [5.41, 5.74) is 0. The van der Waals surface area contributed by atoms with Gasteiger partial charge in [0.15, 0.2) is 0 Å². The van der Waals surface area contributed by atoms with Crippen molar-refractivity contribution in [1.29, 1.82) is 5.26 Å². The summed E-state index contributed by atoms with van der Waals surface area (Å²) in [7, 11) is 0. The van der Waals surface area contributed by atoms with E-state index in [1.807, 2.05) is 0 Å². The first kappa shape index (κ1) is 23.4. The second-order valence-corrected chi connectivity index (χ2v) is 6.37. The molecule has 132 valence electrons. The van der Waals surface area contributed by atoms with E-state index in [0.717, 1.165) is 0 Å². The maximum Gasteiger partial charge on any atom is 0.108 e. The Morgan fingerprint density at radius 1 is 0.444 bits per heavy atom. The molecule has 0 aromatic carbocycles. The molecule has 0 aromatic heterocycles. The van der Waals surface area contributed by atoms with Crippen molar-refractivity contribution in [3.05, 3.63) is 0 Å². The van der Waals surface area contributed by atoms with Crippen LogP contribution in [-0.2, 0) is 0 Å². The summed E-state index contributed by atoms with van der Waals surface area (Å²) in [5.74, 6) is 17.1. The topological polar surface area (TPSA) is 23.8 Å². The molecule has 27 heavy (non-hydrogen) atoms. The molecule has 0 aromatic rings. The highest BCUT2D eigenvalue weighted by molar-refractivity contribution is 5.14. The fraction of sp³-hybridized carbons (Fsp3) is 0.423. The van der Waals surface area contributed by atoms with Crippen LogP contribution in [0.3, 0.4) is 0 Å². The molecular weight excluding hydrogens is 326 g/mol. The Hall–Kier alpha value is -3.59. The van der Waals surface area contributed by atoms with Crippen LogP contribution in [0.1, 0.15) is 32.1 Å². The van der Waals surface area contributed by atoms with Gasteiger partial charge in [-0.1, -0.05) is 17.8 Å². The number of hydrogen-bond acceptors (Lipinski definition) is 1. The average Bonchev–Trinajstić information content (AvgIpc) is 2.71. The zero-order valence-electron chi connectivity index (χ0n) is 15.5. The van der Waals surface area contributed by atoms with Crippen LogP contribution in [0, 0.1) is 133 Å². The molecule has 0 saturated carbocycles. The lowest BCUT2D eigenvalue weighted by molar-refractivity contribution is 0.373. The molecule has 0 aliphatic carbocycles. The van der Waals surface area contributed by atoms with Crippen LogP contribution in [-0.4, -0.2) is 0 Å². The van der Waals surface area contributed by atoms with Crippen molar-refractivity contribution < 1.29 is 0 Å². The van der Waals surface area contributed by atoms with E-state index in [1.54, 1.807) is 0 Å². The minimum absolute atomic E-state index is 0.110. The maximum absolute atomic E-state index is 9.01.